The van der Waals surface area contributed by atoms with E-state index in [0.29, 0.717) is 33.8 Å². The molecule has 12 heteroatoms. The van der Waals surface area contributed by atoms with Gasteiger partial charge in [-0.15, -0.1) is 0 Å². The van der Waals surface area contributed by atoms with Crippen LogP contribution in [0.1, 0.15) is 96.1 Å². The second-order valence-electron chi connectivity index (χ2n) is 17.1. The number of halogens is 1. The SMILES string of the molecule is C=C(CO[C@H]1C[C@@]2(O)[C@@H](OC(=O)c3ccccc3)[C@@H]3[C@@](CC)(OC(C)=O)[C@H](C)CC(OC)[C@@]3(C)C(=O)[C@H](OC)C(=C1C)C2(C)C)C[C@H](c1ccccc1)N(F)C(=C)OC. The fraction of sp³-hybridized carbons (Fsp3) is 0.553. The molecule has 2 aromatic rings. The third-order valence-corrected chi connectivity index (χ3v) is 13.8. The monoisotopic (exact) mass is 819 g/mol. The van der Waals surface area contributed by atoms with Crippen molar-refractivity contribution in [2.75, 3.05) is 27.9 Å². The average Bonchev–Trinajstić information content (AvgIpc) is 3.22. The summed E-state index contributed by atoms with van der Waals surface area (Å²) in [4.78, 5) is 43.2. The molecule has 2 bridgehead atoms. The number of benzene rings is 2. The third-order valence-electron chi connectivity index (χ3n) is 13.8. The average molecular weight is 820 g/mol. The smallest absolute Gasteiger partial charge is 0.338 e. The first-order chi connectivity index (χ1) is 27.8. The van der Waals surface area contributed by atoms with E-state index in [2.05, 4.69) is 13.2 Å². The number of aliphatic hydroxyl groups is 1. The van der Waals surface area contributed by atoms with Gasteiger partial charge in [0.15, 0.2) is 5.78 Å². The van der Waals surface area contributed by atoms with E-state index in [9.17, 15) is 14.7 Å². The summed E-state index contributed by atoms with van der Waals surface area (Å²) in [7, 11) is 4.32. The zero-order valence-corrected chi connectivity index (χ0v) is 36.2. The van der Waals surface area contributed by atoms with E-state index in [1.54, 1.807) is 49.4 Å². The van der Waals surface area contributed by atoms with E-state index in [4.69, 9.17) is 28.4 Å². The summed E-state index contributed by atoms with van der Waals surface area (Å²) in [5.74, 6) is -3.38. The molecule has 322 valence electrons. The summed E-state index contributed by atoms with van der Waals surface area (Å²) in [5.41, 5.74) is -3.64. The van der Waals surface area contributed by atoms with Gasteiger partial charge in [0.25, 0.3) is 0 Å². The normalized spacial score (nSPS) is 31.8. The molecule has 1 N–H and O–H groups in total. The van der Waals surface area contributed by atoms with E-state index in [1.165, 1.54) is 28.3 Å². The highest BCUT2D eigenvalue weighted by Gasteiger charge is 2.74. The third kappa shape index (κ3) is 7.89. The van der Waals surface area contributed by atoms with Crippen molar-refractivity contribution in [2.45, 2.75) is 116 Å². The Balaban J connectivity index is 1.69. The van der Waals surface area contributed by atoms with Crippen LogP contribution in [0.3, 0.4) is 0 Å². The Morgan fingerprint density at radius 3 is 2.15 bits per heavy atom. The Morgan fingerprint density at radius 2 is 1.61 bits per heavy atom. The molecule has 59 heavy (non-hydrogen) atoms. The number of ether oxygens (including phenoxy) is 6. The molecule has 2 aromatic carbocycles. The molecule has 0 heterocycles. The number of hydrogen-bond acceptors (Lipinski definition) is 11. The first-order valence-corrected chi connectivity index (χ1v) is 20.3. The lowest BCUT2D eigenvalue weighted by Gasteiger charge is -2.65. The van der Waals surface area contributed by atoms with Gasteiger partial charge in [0, 0.05) is 33.0 Å². The number of carbonyl (C=O) groups excluding carboxylic acids is 3. The first-order valence-electron chi connectivity index (χ1n) is 20.3. The van der Waals surface area contributed by atoms with Gasteiger partial charge in [-0.2, -0.15) is 5.12 Å². The number of Topliss-reactive ketones (excluding diaryl/α,β-unsaturated/α-hetero) is 1. The molecule has 2 fully saturated rings. The van der Waals surface area contributed by atoms with Crippen molar-refractivity contribution in [3.63, 3.8) is 0 Å². The largest absolute Gasteiger partial charge is 0.481 e. The standard InChI is InChI=1S/C47H62FNO10/c1-13-46(59-32(6)50)29(3)25-37(55-11)45(9)40(46)42(58-43(52)34-22-18-15-19-23-34)47(53)26-36(30(4)38(44(47,7)8)39(56-12)41(45)51)57-27-28(2)24-35(49(48)31(5)54-10)33-20-16-14-17-21-33/h14-23,29,35-37,39-40,42,53H,2,5,13,24-27H2,1,3-4,6-12H3/t29-,35-,36+,37?,39-,40+,42+,45-,46+,47-/m1/s1. The number of fused-ring (bicyclic) bond motifs is 3. The second-order valence-corrected chi connectivity index (χ2v) is 17.1. The van der Waals surface area contributed by atoms with E-state index in [1.807, 2.05) is 52.8 Å². The Hall–Kier alpha value is -4.36. The number of methoxy groups -OCH3 is 3. The number of carbonyl (C=O) groups is 3. The summed E-state index contributed by atoms with van der Waals surface area (Å²) in [5, 5.41) is 14.3. The van der Waals surface area contributed by atoms with Crippen LogP contribution in [-0.2, 0) is 38.0 Å². The number of ketones is 1. The molecule has 3 aliphatic rings. The van der Waals surface area contributed by atoms with Crippen molar-refractivity contribution in [1.29, 1.82) is 0 Å². The van der Waals surface area contributed by atoms with Gasteiger partial charge >= 0.3 is 11.9 Å². The maximum atomic E-state index is 15.7. The molecule has 10 atom stereocenters. The van der Waals surface area contributed by atoms with Gasteiger partial charge in [-0.25, -0.2) is 4.79 Å². The minimum absolute atomic E-state index is 0.0568. The minimum atomic E-state index is -1.98. The highest BCUT2D eigenvalue weighted by molar-refractivity contribution is 5.94. The summed E-state index contributed by atoms with van der Waals surface area (Å²) in [6.45, 7) is 20.2. The lowest BCUT2D eigenvalue weighted by atomic mass is 9.44. The molecule has 5 rings (SSSR count). The fourth-order valence-electron chi connectivity index (χ4n) is 10.5. The van der Waals surface area contributed by atoms with Gasteiger partial charge in [0.2, 0.25) is 5.88 Å². The minimum Gasteiger partial charge on any atom is -0.481 e. The summed E-state index contributed by atoms with van der Waals surface area (Å²) in [6, 6.07) is 16.6. The number of nitrogens with zero attached hydrogens (tertiary/aromatic N) is 1. The van der Waals surface area contributed by atoms with Crippen LogP contribution in [0.15, 0.2) is 96.4 Å². The van der Waals surface area contributed by atoms with Crippen LogP contribution in [-0.4, -0.2) is 91.5 Å². The first kappa shape index (κ1) is 45.7. The highest BCUT2D eigenvalue weighted by atomic mass is 19.2. The lowest BCUT2D eigenvalue weighted by molar-refractivity contribution is -0.277. The number of hydrogen-bond donors (Lipinski definition) is 1. The van der Waals surface area contributed by atoms with Crippen molar-refractivity contribution < 1.29 is 52.4 Å². The highest BCUT2D eigenvalue weighted by Crippen LogP contribution is 2.64. The molecule has 0 saturated heterocycles. The molecular formula is C47H62FNO10. The van der Waals surface area contributed by atoms with Gasteiger partial charge < -0.3 is 33.5 Å². The van der Waals surface area contributed by atoms with Crippen LogP contribution in [0.4, 0.5) is 4.48 Å². The van der Waals surface area contributed by atoms with Crippen LogP contribution < -0.4 is 0 Å². The zero-order chi connectivity index (χ0) is 43.7. The number of esters is 2. The second kappa shape index (κ2) is 17.7. The lowest BCUT2D eigenvalue weighted by Crippen LogP contribution is -2.76. The molecule has 0 aromatic heterocycles. The van der Waals surface area contributed by atoms with Gasteiger partial charge in [0.05, 0.1) is 48.9 Å². The van der Waals surface area contributed by atoms with Crippen LogP contribution in [0, 0.1) is 22.7 Å². The molecule has 0 spiro atoms. The van der Waals surface area contributed by atoms with Crippen molar-refractivity contribution in [2.24, 2.45) is 22.7 Å². The van der Waals surface area contributed by atoms with E-state index in [0.717, 1.165) is 0 Å². The van der Waals surface area contributed by atoms with E-state index < -0.39 is 76.3 Å². The topological polar surface area (TPSA) is 130 Å². The van der Waals surface area contributed by atoms with Crippen molar-refractivity contribution in [3.05, 3.63) is 108 Å². The van der Waals surface area contributed by atoms with Gasteiger partial charge in [-0.3, -0.25) is 9.59 Å². The van der Waals surface area contributed by atoms with Crippen molar-refractivity contribution >= 4 is 17.7 Å². The quantitative estimate of drug-likeness (QED) is 0.0811. The Bertz CT molecular complexity index is 1920. The maximum absolute atomic E-state index is 15.7. The van der Waals surface area contributed by atoms with E-state index in [-0.39, 0.29) is 43.1 Å². The zero-order valence-electron chi connectivity index (χ0n) is 36.2. The molecule has 2 saturated carbocycles. The molecule has 0 radical (unpaired) electrons. The predicted molar refractivity (Wildman–Crippen MR) is 220 cm³/mol. The van der Waals surface area contributed by atoms with Crippen molar-refractivity contribution in [3.8, 4) is 0 Å². The Kier molecular flexibility index (Phi) is 13.7. The van der Waals surface area contributed by atoms with Crippen LogP contribution in [0.25, 0.3) is 0 Å². The molecule has 0 amide bonds. The maximum Gasteiger partial charge on any atom is 0.338 e. The fourth-order valence-corrected chi connectivity index (χ4v) is 10.5. The Morgan fingerprint density at radius 1 is 1.00 bits per heavy atom. The number of rotatable bonds is 15. The molecule has 1 unspecified atom stereocenters. The van der Waals surface area contributed by atoms with Gasteiger partial charge in [0.1, 0.15) is 23.4 Å². The molecular weight excluding hydrogens is 758 g/mol. The van der Waals surface area contributed by atoms with Crippen LogP contribution >= 0.6 is 0 Å². The molecule has 3 aliphatic carbocycles. The predicted octanol–water partition coefficient (Wildman–Crippen LogP) is 8.05. The van der Waals surface area contributed by atoms with Gasteiger partial charge in [-0.05, 0) is 80.0 Å². The summed E-state index contributed by atoms with van der Waals surface area (Å²) in [6.07, 6.45) is -3.69. The van der Waals surface area contributed by atoms with Crippen LogP contribution in [0.2, 0.25) is 0 Å². The van der Waals surface area contributed by atoms with Crippen molar-refractivity contribution in [1.82, 2.24) is 5.12 Å². The Labute approximate surface area is 348 Å². The molecule has 0 aliphatic heterocycles. The van der Waals surface area contributed by atoms with Crippen LogP contribution in [0.5, 0.6) is 0 Å². The summed E-state index contributed by atoms with van der Waals surface area (Å²) >= 11 is 0. The molecule has 11 nitrogen and oxygen atoms in total. The van der Waals surface area contributed by atoms with Gasteiger partial charge in [-0.1, -0.05) is 87.3 Å². The van der Waals surface area contributed by atoms with E-state index >= 15 is 9.28 Å². The summed E-state index contributed by atoms with van der Waals surface area (Å²) < 4.78 is 52.9.